The second kappa shape index (κ2) is 5.78. The summed E-state index contributed by atoms with van der Waals surface area (Å²) in [6.45, 7) is 8.43. The van der Waals surface area contributed by atoms with Gasteiger partial charge in [0, 0.05) is 38.1 Å². The Bertz CT molecular complexity index is 653. The summed E-state index contributed by atoms with van der Waals surface area (Å²) < 4.78 is 1.79. The molecule has 0 saturated carbocycles. The van der Waals surface area contributed by atoms with E-state index in [4.69, 9.17) is 0 Å². The Labute approximate surface area is 130 Å². The quantitative estimate of drug-likeness (QED) is 0.930. The van der Waals surface area contributed by atoms with Crippen LogP contribution in [0.3, 0.4) is 0 Å². The Kier molecular flexibility index (Phi) is 3.97. The number of likely N-dealkylation sites (tertiary alicyclic amines) is 1. The summed E-state index contributed by atoms with van der Waals surface area (Å²) in [5, 5.41) is 19.2. The largest absolute Gasteiger partial charge is 0.382 e. The molecular formula is C16H23N5O. The lowest BCUT2D eigenvalue weighted by atomic mass is 10.00. The Morgan fingerprint density at radius 2 is 2.23 bits per heavy atom. The lowest BCUT2D eigenvalue weighted by Crippen LogP contribution is -2.31. The zero-order valence-corrected chi connectivity index (χ0v) is 13.4. The van der Waals surface area contributed by atoms with Crippen molar-refractivity contribution in [2.24, 2.45) is 0 Å². The average Bonchev–Trinajstić information content (AvgIpc) is 3.10. The molecule has 0 spiro atoms. The van der Waals surface area contributed by atoms with Crippen molar-refractivity contribution >= 4 is 0 Å². The van der Waals surface area contributed by atoms with Crippen LogP contribution in [0.25, 0.3) is 0 Å². The van der Waals surface area contributed by atoms with Gasteiger partial charge < -0.3 is 5.11 Å². The maximum atomic E-state index is 10.9. The fraction of sp³-hybridized carbons (Fsp3) is 0.562. The van der Waals surface area contributed by atoms with Gasteiger partial charge in [-0.2, -0.15) is 0 Å². The molecule has 1 atom stereocenters. The number of aromatic nitrogens is 4. The Hall–Kier alpha value is -1.79. The minimum atomic E-state index is -0.900. The van der Waals surface area contributed by atoms with Crippen LogP contribution in [0.15, 0.2) is 24.7 Å². The molecule has 1 N–H and O–H groups in total. The summed E-state index contributed by atoms with van der Waals surface area (Å²) in [5.74, 6) is 0. The Morgan fingerprint density at radius 1 is 1.41 bits per heavy atom. The molecule has 3 rings (SSSR count). The van der Waals surface area contributed by atoms with E-state index in [2.05, 4.69) is 41.0 Å². The van der Waals surface area contributed by atoms with Crippen molar-refractivity contribution in [1.82, 2.24) is 24.9 Å². The van der Waals surface area contributed by atoms with Crippen molar-refractivity contribution in [2.75, 3.05) is 13.1 Å². The lowest BCUT2D eigenvalue weighted by molar-refractivity contribution is 0.0408. The zero-order valence-electron chi connectivity index (χ0n) is 13.4. The van der Waals surface area contributed by atoms with Gasteiger partial charge in [-0.05, 0) is 44.4 Å². The van der Waals surface area contributed by atoms with Crippen LogP contribution in [0.1, 0.15) is 43.1 Å². The molecule has 1 saturated heterocycles. The molecular weight excluding hydrogens is 278 g/mol. The maximum absolute atomic E-state index is 10.9. The van der Waals surface area contributed by atoms with Crippen LogP contribution in [0, 0.1) is 6.92 Å². The van der Waals surface area contributed by atoms with E-state index in [0.29, 0.717) is 18.7 Å². The van der Waals surface area contributed by atoms with Gasteiger partial charge in [0.15, 0.2) is 0 Å². The summed E-state index contributed by atoms with van der Waals surface area (Å²) in [6.07, 6.45) is 6.26. The Morgan fingerprint density at radius 3 is 2.91 bits per heavy atom. The third-order valence-corrected chi connectivity index (χ3v) is 4.38. The molecule has 2 aromatic heterocycles. The van der Waals surface area contributed by atoms with Crippen molar-refractivity contribution in [3.63, 3.8) is 0 Å². The van der Waals surface area contributed by atoms with Crippen LogP contribution in [0.5, 0.6) is 0 Å². The molecule has 22 heavy (non-hydrogen) atoms. The number of nitrogens with zero attached hydrogens (tertiary/aromatic N) is 5. The summed E-state index contributed by atoms with van der Waals surface area (Å²) in [6, 6.07) is 2.27. The minimum absolute atomic E-state index is 0.250. The van der Waals surface area contributed by atoms with Crippen LogP contribution in [0.2, 0.25) is 0 Å². The standard InChI is InChI=1S/C16H23N5O/c1-12(2)21-10-15(18-19-21)16(22)5-7-20(11-16)9-14-8-17-6-4-13(14)3/h4,6,8,10,12,22H,5,7,9,11H2,1-3H3/t16-/m0/s1. The monoisotopic (exact) mass is 301 g/mol. The highest BCUT2D eigenvalue weighted by Crippen LogP contribution is 2.31. The highest BCUT2D eigenvalue weighted by molar-refractivity contribution is 5.22. The van der Waals surface area contributed by atoms with E-state index in [9.17, 15) is 5.11 Å². The number of β-amino-alcohol motifs (C(OH)–C–C–N with tert-alkyl or cyclic N) is 1. The van der Waals surface area contributed by atoms with Gasteiger partial charge in [0.05, 0.1) is 6.20 Å². The van der Waals surface area contributed by atoms with Crippen LogP contribution >= 0.6 is 0 Å². The van der Waals surface area contributed by atoms with E-state index in [1.165, 1.54) is 11.1 Å². The number of hydrogen-bond donors (Lipinski definition) is 1. The number of hydrogen-bond acceptors (Lipinski definition) is 5. The zero-order chi connectivity index (χ0) is 15.7. The number of aliphatic hydroxyl groups is 1. The number of pyridine rings is 1. The number of aryl methyl sites for hydroxylation is 1. The molecule has 1 aliphatic heterocycles. The average molecular weight is 301 g/mol. The molecule has 0 aliphatic carbocycles. The fourth-order valence-electron chi connectivity index (χ4n) is 2.86. The van der Waals surface area contributed by atoms with Crippen molar-refractivity contribution in [3.8, 4) is 0 Å². The third kappa shape index (κ3) is 2.89. The molecule has 0 unspecified atom stereocenters. The van der Waals surface area contributed by atoms with Crippen molar-refractivity contribution in [3.05, 3.63) is 41.5 Å². The van der Waals surface area contributed by atoms with Gasteiger partial charge in [0.25, 0.3) is 0 Å². The fourth-order valence-corrected chi connectivity index (χ4v) is 2.86. The topological polar surface area (TPSA) is 67.1 Å². The first kappa shape index (κ1) is 15.1. The van der Waals surface area contributed by atoms with Gasteiger partial charge in [-0.25, -0.2) is 4.68 Å². The van der Waals surface area contributed by atoms with E-state index in [0.717, 1.165) is 13.1 Å². The molecule has 1 fully saturated rings. The maximum Gasteiger partial charge on any atom is 0.124 e. The van der Waals surface area contributed by atoms with E-state index in [1.54, 1.807) is 4.68 Å². The van der Waals surface area contributed by atoms with Crippen molar-refractivity contribution in [1.29, 1.82) is 0 Å². The summed E-state index contributed by atoms with van der Waals surface area (Å²) >= 11 is 0. The van der Waals surface area contributed by atoms with E-state index >= 15 is 0 Å². The molecule has 0 aromatic carbocycles. The van der Waals surface area contributed by atoms with Crippen LogP contribution < -0.4 is 0 Å². The van der Waals surface area contributed by atoms with E-state index in [1.807, 2.05) is 24.7 Å². The normalized spacial score (nSPS) is 22.6. The highest BCUT2D eigenvalue weighted by atomic mass is 16.3. The minimum Gasteiger partial charge on any atom is -0.382 e. The van der Waals surface area contributed by atoms with Crippen LogP contribution in [0.4, 0.5) is 0 Å². The number of rotatable bonds is 4. The Balaban J connectivity index is 1.71. The SMILES string of the molecule is Cc1ccncc1CN1CC[C@@](O)(c2cn(C(C)C)nn2)C1. The van der Waals surface area contributed by atoms with Gasteiger partial charge in [-0.3, -0.25) is 9.88 Å². The summed E-state index contributed by atoms with van der Waals surface area (Å²) in [4.78, 5) is 6.44. The van der Waals surface area contributed by atoms with Crippen LogP contribution in [-0.4, -0.2) is 43.1 Å². The molecule has 0 amide bonds. The van der Waals surface area contributed by atoms with Gasteiger partial charge in [0.2, 0.25) is 0 Å². The molecule has 6 heteroatoms. The van der Waals surface area contributed by atoms with Gasteiger partial charge >= 0.3 is 0 Å². The highest BCUT2D eigenvalue weighted by Gasteiger charge is 2.40. The molecule has 0 bridgehead atoms. The van der Waals surface area contributed by atoms with Gasteiger partial charge in [0.1, 0.15) is 11.3 Å². The predicted molar refractivity (Wildman–Crippen MR) is 83.2 cm³/mol. The summed E-state index contributed by atoms with van der Waals surface area (Å²) in [5.41, 5.74) is 2.21. The van der Waals surface area contributed by atoms with E-state index in [-0.39, 0.29) is 6.04 Å². The van der Waals surface area contributed by atoms with E-state index < -0.39 is 5.60 Å². The summed E-state index contributed by atoms with van der Waals surface area (Å²) in [7, 11) is 0. The second-order valence-corrected chi connectivity index (χ2v) is 6.47. The van der Waals surface area contributed by atoms with Crippen molar-refractivity contribution < 1.29 is 5.11 Å². The molecule has 6 nitrogen and oxygen atoms in total. The smallest absolute Gasteiger partial charge is 0.124 e. The first-order valence-corrected chi connectivity index (χ1v) is 7.74. The van der Waals surface area contributed by atoms with Crippen LogP contribution in [-0.2, 0) is 12.1 Å². The predicted octanol–water partition coefficient (Wildman–Crippen LogP) is 1.66. The molecule has 118 valence electrons. The third-order valence-electron chi connectivity index (χ3n) is 4.38. The van der Waals surface area contributed by atoms with Gasteiger partial charge in [-0.15, -0.1) is 5.10 Å². The van der Waals surface area contributed by atoms with Crippen molar-refractivity contribution in [2.45, 2.75) is 45.4 Å². The lowest BCUT2D eigenvalue weighted by Gasteiger charge is -2.21. The second-order valence-electron chi connectivity index (χ2n) is 6.47. The molecule has 3 heterocycles. The first-order valence-electron chi connectivity index (χ1n) is 7.74. The van der Waals surface area contributed by atoms with Gasteiger partial charge in [-0.1, -0.05) is 5.21 Å². The molecule has 0 radical (unpaired) electrons. The molecule has 1 aliphatic rings. The first-order chi connectivity index (χ1) is 10.5. The molecule has 2 aromatic rings.